The Hall–Kier alpha value is -1.66. The summed E-state index contributed by atoms with van der Waals surface area (Å²) in [6.45, 7) is 1.60. The van der Waals surface area contributed by atoms with Crippen molar-refractivity contribution in [3.05, 3.63) is 23.9 Å². The molecule has 2 unspecified atom stereocenters. The number of aliphatic imine (C=N–C) groups is 2. The van der Waals surface area contributed by atoms with Gasteiger partial charge in [-0.15, -0.1) is 0 Å². The Morgan fingerprint density at radius 3 is 3.20 bits per heavy atom. The number of rotatable bonds is 2. The van der Waals surface area contributed by atoms with Crippen LogP contribution in [0.2, 0.25) is 0 Å². The lowest BCUT2D eigenvalue weighted by atomic mass is 9.98. The second-order valence-corrected chi connectivity index (χ2v) is 4.85. The minimum atomic E-state index is -0.126. The minimum Gasteiger partial charge on any atom is -1.00 e. The van der Waals surface area contributed by atoms with Gasteiger partial charge in [0, 0.05) is 13.1 Å². The number of nitrogens with one attached hydrogen (secondary N) is 1. The molecule has 0 aromatic carbocycles. The molecule has 0 radical (unpaired) electrons. The first-order chi connectivity index (χ1) is 9.29. The number of carbonyl (C=O) groups excluding carboxylic acids is 1. The van der Waals surface area contributed by atoms with E-state index in [0.717, 1.165) is 35.8 Å². The number of hydrogen-bond donors (Lipinski definition) is 1. The van der Waals surface area contributed by atoms with Crippen LogP contribution in [0, 0.1) is 5.92 Å². The number of halogens is 1. The van der Waals surface area contributed by atoms with Gasteiger partial charge in [0.15, 0.2) is 5.82 Å². The molecule has 2 atom stereocenters. The van der Waals surface area contributed by atoms with Crippen LogP contribution in [0.1, 0.15) is 12.8 Å². The minimum absolute atomic E-state index is 0. The van der Waals surface area contributed by atoms with Crippen LogP contribution in [-0.4, -0.2) is 43.6 Å². The fourth-order valence-electron chi connectivity index (χ4n) is 2.69. The third-order valence-corrected chi connectivity index (χ3v) is 3.68. The first-order valence-electron chi connectivity index (χ1n) is 6.48. The Kier molecular flexibility index (Phi) is 4.57. The van der Waals surface area contributed by atoms with E-state index in [2.05, 4.69) is 14.9 Å². The number of carbonyl (C=O) groups is 1. The number of piperidine rings is 1. The summed E-state index contributed by atoms with van der Waals surface area (Å²) >= 11 is 0. The Labute approximate surface area is 123 Å². The predicted octanol–water partition coefficient (Wildman–Crippen LogP) is -3.47. The summed E-state index contributed by atoms with van der Waals surface area (Å²) in [5.74, 6) is 0.748. The Bertz CT molecular complexity index is 513. The lowest BCUT2D eigenvalue weighted by Crippen LogP contribution is -3.04. The van der Waals surface area contributed by atoms with Crippen LogP contribution < -0.4 is 17.3 Å². The summed E-state index contributed by atoms with van der Waals surface area (Å²) in [4.78, 5) is 23.5. The number of nitrogens with zero attached hydrogens (tertiary/aromatic N) is 3. The van der Waals surface area contributed by atoms with E-state index in [9.17, 15) is 4.79 Å². The number of esters is 1. The summed E-state index contributed by atoms with van der Waals surface area (Å²) in [7, 11) is 1.45. The number of hydrogen-bond acceptors (Lipinski definition) is 5. The molecule has 0 aromatic rings. The van der Waals surface area contributed by atoms with Crippen LogP contribution in [0.3, 0.4) is 0 Å². The highest BCUT2D eigenvalue weighted by Gasteiger charge is 2.33. The van der Waals surface area contributed by atoms with Gasteiger partial charge in [-0.1, -0.05) is 0 Å². The van der Waals surface area contributed by atoms with E-state index < -0.39 is 0 Å². The lowest BCUT2D eigenvalue weighted by molar-refractivity contribution is -0.682. The maximum absolute atomic E-state index is 11.7. The zero-order valence-electron chi connectivity index (χ0n) is 11.3. The summed E-state index contributed by atoms with van der Waals surface area (Å²) in [6, 6.07) is 0. The molecule has 0 saturated carbocycles. The van der Waals surface area contributed by atoms with E-state index in [1.807, 2.05) is 18.8 Å². The summed E-state index contributed by atoms with van der Waals surface area (Å²) in [5, 5.41) is 0. The number of allylic oxidation sites excluding steroid dienone is 1. The predicted molar refractivity (Wildman–Crippen MR) is 70.4 cm³/mol. The van der Waals surface area contributed by atoms with Crippen molar-refractivity contribution in [3.8, 4) is 0 Å². The Balaban J connectivity index is 0.00000147. The SMILES string of the molecule is COC(=O)C1CCCN(C2=C3C=NC=C[NH+]3C=N2)C1.[Cl-]. The largest absolute Gasteiger partial charge is 1.00 e. The Morgan fingerprint density at radius 1 is 1.55 bits per heavy atom. The van der Waals surface area contributed by atoms with Crippen molar-refractivity contribution in [3.63, 3.8) is 0 Å². The third-order valence-electron chi connectivity index (χ3n) is 3.68. The molecular weight excluding hydrogens is 280 g/mol. The van der Waals surface area contributed by atoms with Gasteiger partial charge in [0.05, 0.1) is 25.4 Å². The molecule has 1 N–H and O–H groups in total. The third kappa shape index (κ3) is 2.62. The molecule has 3 aliphatic rings. The zero-order valence-corrected chi connectivity index (χ0v) is 12.0. The summed E-state index contributed by atoms with van der Waals surface area (Å²) < 4.78 is 4.84. The molecule has 0 amide bonds. The lowest BCUT2D eigenvalue weighted by Gasteiger charge is -2.32. The van der Waals surface area contributed by atoms with Gasteiger partial charge < -0.3 is 22.0 Å². The van der Waals surface area contributed by atoms with Crippen LogP contribution in [0.4, 0.5) is 0 Å². The van der Waals surface area contributed by atoms with Gasteiger partial charge in [0.1, 0.15) is 6.20 Å². The quantitative estimate of drug-likeness (QED) is 0.539. The monoisotopic (exact) mass is 296 g/mol. The van der Waals surface area contributed by atoms with E-state index in [-0.39, 0.29) is 24.3 Å². The van der Waals surface area contributed by atoms with E-state index in [4.69, 9.17) is 4.74 Å². The van der Waals surface area contributed by atoms with Crippen molar-refractivity contribution >= 4 is 18.5 Å². The molecule has 0 bridgehead atoms. The van der Waals surface area contributed by atoms with E-state index in [0.29, 0.717) is 6.54 Å². The van der Waals surface area contributed by atoms with E-state index >= 15 is 0 Å². The number of fused-ring (bicyclic) bond motifs is 1. The van der Waals surface area contributed by atoms with Gasteiger partial charge in [-0.25, -0.2) is 4.90 Å². The van der Waals surface area contributed by atoms with Crippen molar-refractivity contribution in [1.82, 2.24) is 4.90 Å². The highest BCUT2D eigenvalue weighted by Crippen LogP contribution is 2.23. The van der Waals surface area contributed by atoms with Crippen LogP contribution in [0.5, 0.6) is 0 Å². The molecule has 0 spiro atoms. The van der Waals surface area contributed by atoms with Crippen LogP contribution >= 0.6 is 0 Å². The average molecular weight is 297 g/mol. The van der Waals surface area contributed by atoms with Crippen LogP contribution in [0.15, 0.2) is 33.9 Å². The molecular formula is C13H17ClN4O2. The normalized spacial score (nSPS) is 27.4. The molecule has 1 fully saturated rings. The van der Waals surface area contributed by atoms with Gasteiger partial charge in [-0.2, -0.15) is 4.99 Å². The molecule has 7 heteroatoms. The van der Waals surface area contributed by atoms with Gasteiger partial charge >= 0.3 is 5.97 Å². The first-order valence-corrected chi connectivity index (χ1v) is 6.48. The van der Waals surface area contributed by atoms with Gasteiger partial charge in [0.2, 0.25) is 12.0 Å². The highest BCUT2D eigenvalue weighted by molar-refractivity contribution is 5.81. The van der Waals surface area contributed by atoms with Crippen LogP contribution in [-0.2, 0) is 9.53 Å². The van der Waals surface area contributed by atoms with Crippen molar-refractivity contribution in [2.24, 2.45) is 15.9 Å². The Morgan fingerprint density at radius 2 is 2.40 bits per heavy atom. The molecule has 108 valence electrons. The molecule has 1 saturated heterocycles. The number of quaternary nitrogens is 1. The van der Waals surface area contributed by atoms with E-state index in [1.54, 1.807) is 6.20 Å². The summed E-state index contributed by atoms with van der Waals surface area (Å²) in [6.07, 6.45) is 9.27. The second-order valence-electron chi connectivity index (χ2n) is 4.85. The van der Waals surface area contributed by atoms with E-state index in [1.165, 1.54) is 7.11 Å². The van der Waals surface area contributed by atoms with Crippen molar-refractivity contribution in [1.29, 1.82) is 0 Å². The average Bonchev–Trinajstić information content (AvgIpc) is 2.90. The highest BCUT2D eigenvalue weighted by atomic mass is 35.5. The smallest absolute Gasteiger partial charge is 0.310 e. The van der Waals surface area contributed by atoms with Crippen molar-refractivity contribution < 1.29 is 26.8 Å². The zero-order chi connectivity index (χ0) is 13.2. The number of likely N-dealkylation sites (tertiary alicyclic amines) is 1. The fraction of sp³-hybridized carbons (Fsp3) is 0.462. The molecule has 3 aliphatic heterocycles. The van der Waals surface area contributed by atoms with Gasteiger partial charge in [-0.3, -0.25) is 9.79 Å². The van der Waals surface area contributed by atoms with Crippen molar-refractivity contribution in [2.75, 3.05) is 20.2 Å². The molecule has 20 heavy (non-hydrogen) atoms. The fourth-order valence-corrected chi connectivity index (χ4v) is 2.69. The van der Waals surface area contributed by atoms with Crippen molar-refractivity contribution in [2.45, 2.75) is 12.8 Å². The molecule has 6 nitrogen and oxygen atoms in total. The molecule has 3 heterocycles. The molecule has 0 aliphatic carbocycles. The maximum atomic E-state index is 11.7. The maximum Gasteiger partial charge on any atom is 0.310 e. The van der Waals surface area contributed by atoms with Crippen LogP contribution in [0.25, 0.3) is 0 Å². The standard InChI is InChI=1S/C13H16N4O2.ClH/c1-19-13(18)10-3-2-5-16(8-10)12-11-7-14-4-6-17(11)9-15-12;/h4,6-7,9-10H,2-3,5,8H2,1H3;1H. The topological polar surface area (TPSA) is 58.7 Å². The van der Waals surface area contributed by atoms with Gasteiger partial charge in [0.25, 0.3) is 0 Å². The summed E-state index contributed by atoms with van der Waals surface area (Å²) in [5.41, 5.74) is 1.05. The number of methoxy groups -OCH3 is 1. The second kappa shape index (κ2) is 6.19. The first kappa shape index (κ1) is 14.7. The molecule has 3 rings (SSSR count). The number of ether oxygens (including phenoxy) is 1. The van der Waals surface area contributed by atoms with Gasteiger partial charge in [-0.05, 0) is 12.8 Å². The molecule has 0 aromatic heterocycles.